The van der Waals surface area contributed by atoms with Gasteiger partial charge in [-0.15, -0.1) is 0 Å². The number of ether oxygens (including phenoxy) is 2. The number of nitrogens with one attached hydrogen (secondary N) is 2. The van der Waals surface area contributed by atoms with Gasteiger partial charge in [0.1, 0.15) is 6.61 Å². The van der Waals surface area contributed by atoms with Crippen molar-refractivity contribution in [3.8, 4) is 0 Å². The van der Waals surface area contributed by atoms with Crippen LogP contribution in [0.25, 0.3) is 0 Å². The van der Waals surface area contributed by atoms with Crippen molar-refractivity contribution in [2.24, 2.45) is 0 Å². The first-order valence-corrected chi connectivity index (χ1v) is 9.72. The molecular weight excluding hydrogens is 400 g/mol. The molecule has 3 rings (SSSR count). The number of amides is 2. The Morgan fingerprint density at radius 1 is 0.935 bits per heavy atom. The van der Waals surface area contributed by atoms with Crippen LogP contribution in [-0.2, 0) is 14.3 Å². The molecule has 8 nitrogen and oxygen atoms in total. The third kappa shape index (κ3) is 5.16. The first kappa shape index (κ1) is 21.8. The van der Waals surface area contributed by atoms with Gasteiger partial charge in [0, 0.05) is 11.1 Å². The number of ketones is 1. The summed E-state index contributed by atoms with van der Waals surface area (Å²) in [7, 11) is 0. The number of hydrogen-bond acceptors (Lipinski definition) is 6. The Hall–Kier alpha value is -3.94. The number of rotatable bonds is 7. The lowest BCUT2D eigenvalue weighted by Gasteiger charge is -2.21. The summed E-state index contributed by atoms with van der Waals surface area (Å²) in [5.74, 6) is -1.68. The summed E-state index contributed by atoms with van der Waals surface area (Å²) in [6.07, 6.45) is 0. The van der Waals surface area contributed by atoms with Crippen molar-refractivity contribution in [2.75, 3.05) is 19.8 Å². The van der Waals surface area contributed by atoms with Crippen molar-refractivity contribution < 1.29 is 28.7 Å². The Balaban J connectivity index is 1.81. The molecule has 160 valence electrons. The summed E-state index contributed by atoms with van der Waals surface area (Å²) < 4.78 is 10.3. The van der Waals surface area contributed by atoms with Crippen LogP contribution in [0.15, 0.2) is 59.8 Å². The van der Waals surface area contributed by atoms with Crippen LogP contribution in [0.4, 0.5) is 4.79 Å². The van der Waals surface area contributed by atoms with Crippen LogP contribution in [0.1, 0.15) is 38.8 Å². The molecule has 1 aliphatic heterocycles. The largest absolute Gasteiger partial charge is 0.463 e. The first-order valence-electron chi connectivity index (χ1n) is 9.72. The maximum atomic E-state index is 12.9. The van der Waals surface area contributed by atoms with Crippen molar-refractivity contribution in [3.63, 3.8) is 0 Å². The highest BCUT2D eigenvalue weighted by atomic mass is 16.5. The van der Waals surface area contributed by atoms with Crippen LogP contribution in [0.3, 0.4) is 0 Å². The van der Waals surface area contributed by atoms with Crippen molar-refractivity contribution in [2.45, 2.75) is 13.8 Å². The molecule has 0 unspecified atom stereocenters. The van der Waals surface area contributed by atoms with Crippen molar-refractivity contribution in [3.05, 3.63) is 82.1 Å². The zero-order valence-corrected chi connectivity index (χ0v) is 17.2. The molecule has 2 aromatic rings. The molecule has 8 heteroatoms. The third-order valence-corrected chi connectivity index (χ3v) is 4.63. The van der Waals surface area contributed by atoms with E-state index in [-0.39, 0.29) is 47.9 Å². The van der Waals surface area contributed by atoms with E-state index in [4.69, 9.17) is 9.47 Å². The third-order valence-electron chi connectivity index (χ3n) is 4.63. The lowest BCUT2D eigenvalue weighted by molar-refractivity contribution is -0.138. The number of hydrogen-bond donors (Lipinski definition) is 2. The monoisotopic (exact) mass is 422 g/mol. The van der Waals surface area contributed by atoms with Gasteiger partial charge in [-0.1, -0.05) is 48.0 Å². The molecule has 0 spiro atoms. The second-order valence-corrected chi connectivity index (χ2v) is 6.80. The highest BCUT2D eigenvalue weighted by molar-refractivity contribution is 6.14. The molecule has 2 N–H and O–H groups in total. The fourth-order valence-electron chi connectivity index (χ4n) is 3.00. The SMILES string of the molecule is CCOC(=O)C1=C(COC(=O)c2ccccc2C(=O)c2ccc(C)cc2)NC(=O)NC1. The standard InChI is InChI=1S/C23H22N2O6/c1-3-30-22(28)18-12-24-23(29)25-19(18)13-31-21(27)17-7-5-4-6-16(17)20(26)15-10-8-14(2)9-11-15/h4-11H,3,12-13H2,1-2H3,(H2,24,25,29). The molecule has 0 aromatic heterocycles. The van der Waals surface area contributed by atoms with Gasteiger partial charge in [0.25, 0.3) is 0 Å². The van der Waals surface area contributed by atoms with Gasteiger partial charge in [-0.3, -0.25) is 4.79 Å². The van der Waals surface area contributed by atoms with Gasteiger partial charge in [-0.05, 0) is 19.9 Å². The molecule has 2 aromatic carbocycles. The second kappa shape index (κ2) is 9.71. The van der Waals surface area contributed by atoms with Crippen LogP contribution in [0, 0.1) is 6.92 Å². The van der Waals surface area contributed by atoms with E-state index >= 15 is 0 Å². The predicted molar refractivity (Wildman–Crippen MR) is 112 cm³/mol. The highest BCUT2D eigenvalue weighted by Gasteiger charge is 2.25. The van der Waals surface area contributed by atoms with Gasteiger partial charge in [-0.2, -0.15) is 0 Å². The molecule has 0 saturated heterocycles. The Labute approximate surface area is 179 Å². The molecule has 2 amide bonds. The zero-order valence-electron chi connectivity index (χ0n) is 17.2. The maximum Gasteiger partial charge on any atom is 0.339 e. The van der Waals surface area contributed by atoms with Gasteiger partial charge < -0.3 is 20.1 Å². The Morgan fingerprint density at radius 2 is 1.61 bits per heavy atom. The molecule has 0 saturated carbocycles. The van der Waals surface area contributed by atoms with Crippen LogP contribution in [0.2, 0.25) is 0 Å². The van der Waals surface area contributed by atoms with E-state index in [0.29, 0.717) is 5.56 Å². The smallest absolute Gasteiger partial charge is 0.339 e. The minimum atomic E-state index is -0.750. The second-order valence-electron chi connectivity index (χ2n) is 6.80. The number of aryl methyl sites for hydroxylation is 1. The lowest BCUT2D eigenvalue weighted by atomic mass is 9.98. The van der Waals surface area contributed by atoms with E-state index in [1.165, 1.54) is 6.07 Å². The summed E-state index contributed by atoms with van der Waals surface area (Å²) in [6, 6.07) is 12.8. The lowest BCUT2D eigenvalue weighted by Crippen LogP contribution is -2.45. The van der Waals surface area contributed by atoms with E-state index < -0.39 is 18.0 Å². The number of benzene rings is 2. The van der Waals surface area contributed by atoms with Crippen LogP contribution in [0.5, 0.6) is 0 Å². The molecule has 31 heavy (non-hydrogen) atoms. The summed E-state index contributed by atoms with van der Waals surface area (Å²) in [4.78, 5) is 49.4. The number of esters is 2. The van der Waals surface area contributed by atoms with E-state index in [9.17, 15) is 19.2 Å². The van der Waals surface area contributed by atoms with E-state index in [1.807, 2.05) is 19.1 Å². The normalized spacial score (nSPS) is 13.2. The van der Waals surface area contributed by atoms with Crippen molar-refractivity contribution >= 4 is 23.8 Å². The minimum Gasteiger partial charge on any atom is -0.463 e. The summed E-state index contributed by atoms with van der Waals surface area (Å²) in [6.45, 7) is 3.35. The fourth-order valence-corrected chi connectivity index (χ4v) is 3.00. The molecule has 0 aliphatic carbocycles. The van der Waals surface area contributed by atoms with E-state index in [2.05, 4.69) is 10.6 Å². The van der Waals surface area contributed by atoms with Gasteiger partial charge in [0.2, 0.25) is 0 Å². The van der Waals surface area contributed by atoms with Gasteiger partial charge in [0.15, 0.2) is 5.78 Å². The molecule has 1 aliphatic rings. The molecule has 0 bridgehead atoms. The quantitative estimate of drug-likeness (QED) is 0.524. The van der Waals surface area contributed by atoms with Gasteiger partial charge in [0.05, 0.1) is 30.0 Å². The number of carbonyl (C=O) groups excluding carboxylic acids is 4. The fraction of sp³-hybridized carbons (Fsp3) is 0.217. The Bertz CT molecular complexity index is 1060. The average Bonchev–Trinajstić information content (AvgIpc) is 2.77. The highest BCUT2D eigenvalue weighted by Crippen LogP contribution is 2.17. The van der Waals surface area contributed by atoms with Crippen molar-refractivity contribution in [1.29, 1.82) is 0 Å². The summed E-state index contributed by atoms with van der Waals surface area (Å²) >= 11 is 0. The Kier molecular flexibility index (Phi) is 6.81. The minimum absolute atomic E-state index is 0.0416. The average molecular weight is 422 g/mol. The molecule has 0 fully saturated rings. The molecule has 0 atom stereocenters. The van der Waals surface area contributed by atoms with Gasteiger partial charge >= 0.3 is 18.0 Å². The van der Waals surface area contributed by atoms with E-state index in [1.54, 1.807) is 37.3 Å². The molecule has 1 heterocycles. The zero-order chi connectivity index (χ0) is 22.4. The predicted octanol–water partition coefficient (Wildman–Crippen LogP) is 2.51. The number of urea groups is 1. The summed E-state index contributed by atoms with van der Waals surface area (Å²) in [5, 5.41) is 4.94. The van der Waals surface area contributed by atoms with Crippen LogP contribution in [-0.4, -0.2) is 43.5 Å². The summed E-state index contributed by atoms with van der Waals surface area (Å²) in [5.41, 5.74) is 2.05. The molecular formula is C23H22N2O6. The van der Waals surface area contributed by atoms with Crippen LogP contribution < -0.4 is 10.6 Å². The maximum absolute atomic E-state index is 12.9. The van der Waals surface area contributed by atoms with Crippen molar-refractivity contribution in [1.82, 2.24) is 10.6 Å². The van der Waals surface area contributed by atoms with Gasteiger partial charge in [-0.25, -0.2) is 14.4 Å². The number of carbonyl (C=O) groups is 4. The Morgan fingerprint density at radius 3 is 2.29 bits per heavy atom. The van der Waals surface area contributed by atoms with E-state index in [0.717, 1.165) is 5.56 Å². The van der Waals surface area contributed by atoms with Crippen LogP contribution >= 0.6 is 0 Å². The molecule has 0 radical (unpaired) electrons. The first-order chi connectivity index (χ1) is 14.9. The topological polar surface area (TPSA) is 111 Å².